The topological polar surface area (TPSA) is 48.7 Å². The molecule has 2 rings (SSSR count). The van der Waals surface area contributed by atoms with E-state index < -0.39 is 0 Å². The zero-order chi connectivity index (χ0) is 16.8. The van der Waals surface area contributed by atoms with Crippen LogP contribution in [-0.4, -0.2) is 40.8 Å². The molecule has 1 aliphatic rings. The Hall–Kier alpha value is -1.78. The Morgan fingerprint density at radius 3 is 2.91 bits per heavy atom. The summed E-state index contributed by atoms with van der Waals surface area (Å²) in [6.07, 6.45) is 7.15. The van der Waals surface area contributed by atoms with E-state index in [0.717, 1.165) is 41.9 Å². The van der Waals surface area contributed by atoms with Gasteiger partial charge in [-0.25, -0.2) is 0 Å². The lowest BCUT2D eigenvalue weighted by Crippen LogP contribution is -2.44. The van der Waals surface area contributed by atoms with Crippen molar-refractivity contribution in [3.63, 3.8) is 0 Å². The molecule has 1 saturated heterocycles. The summed E-state index contributed by atoms with van der Waals surface area (Å²) in [6.45, 7) is 5.86. The summed E-state index contributed by atoms with van der Waals surface area (Å²) in [4.78, 5) is 11.5. The first-order valence-corrected chi connectivity index (χ1v) is 8.17. The fourth-order valence-corrected chi connectivity index (χ4v) is 3.44. The van der Waals surface area contributed by atoms with Crippen LogP contribution in [0.5, 0.6) is 0 Å². The maximum atomic E-state index is 9.32. The van der Waals surface area contributed by atoms with Crippen molar-refractivity contribution >= 4 is 5.71 Å². The average Bonchev–Trinajstić information content (AvgIpc) is 2.57. The maximum Gasteiger partial charge on any atom is 0.0853 e. The predicted octanol–water partition coefficient (Wildman–Crippen LogP) is 3.30. The normalized spacial score (nSPS) is 23.8. The van der Waals surface area contributed by atoms with Crippen LogP contribution in [0.15, 0.2) is 47.5 Å². The summed E-state index contributed by atoms with van der Waals surface area (Å²) in [6, 6.07) is 6.43. The zero-order valence-corrected chi connectivity index (χ0v) is 14.4. The molecular weight excluding hydrogens is 286 g/mol. The molecule has 23 heavy (non-hydrogen) atoms. The minimum atomic E-state index is -0.0173. The van der Waals surface area contributed by atoms with Crippen LogP contribution in [0.3, 0.4) is 0 Å². The van der Waals surface area contributed by atoms with E-state index in [9.17, 15) is 5.11 Å². The number of aromatic nitrogens is 1. The molecule has 0 spiro atoms. The number of rotatable bonds is 5. The highest BCUT2D eigenvalue weighted by molar-refractivity contribution is 6.03. The third-order valence-electron chi connectivity index (χ3n) is 4.60. The number of aliphatic hydroxyl groups excluding tert-OH is 1. The van der Waals surface area contributed by atoms with Crippen LogP contribution in [0.2, 0.25) is 0 Å². The first kappa shape index (κ1) is 17.6. The third kappa shape index (κ3) is 3.95. The quantitative estimate of drug-likeness (QED) is 0.670. The Balaban J connectivity index is 2.28. The van der Waals surface area contributed by atoms with Crippen molar-refractivity contribution in [1.29, 1.82) is 0 Å². The second-order valence-corrected chi connectivity index (χ2v) is 6.03. The lowest BCUT2D eigenvalue weighted by atomic mass is 9.89. The molecular formula is C19H27N3O. The van der Waals surface area contributed by atoms with Gasteiger partial charge < -0.3 is 5.11 Å². The molecule has 0 aromatic carbocycles. The average molecular weight is 313 g/mol. The molecule has 0 amide bonds. The van der Waals surface area contributed by atoms with Crippen molar-refractivity contribution < 1.29 is 5.11 Å². The second kappa shape index (κ2) is 8.18. The van der Waals surface area contributed by atoms with Crippen LogP contribution in [0.4, 0.5) is 0 Å². The van der Waals surface area contributed by atoms with Crippen LogP contribution < -0.4 is 0 Å². The number of nitrogens with zero attached hydrogens (tertiary/aromatic N) is 3. The number of likely N-dealkylation sites (tertiary alicyclic amines) is 1. The highest BCUT2D eigenvalue weighted by Crippen LogP contribution is 2.33. The number of aliphatic hydroxyl groups is 1. The molecule has 0 aliphatic carbocycles. The number of allylic oxidation sites excluding steroid dienone is 2. The van der Waals surface area contributed by atoms with Gasteiger partial charge >= 0.3 is 0 Å². The van der Waals surface area contributed by atoms with Gasteiger partial charge in [-0.1, -0.05) is 24.8 Å². The number of piperidine rings is 1. The molecule has 124 valence electrons. The van der Waals surface area contributed by atoms with Crippen molar-refractivity contribution in [2.24, 2.45) is 4.99 Å². The summed E-state index contributed by atoms with van der Waals surface area (Å²) in [7, 11) is 4.01. The van der Waals surface area contributed by atoms with Gasteiger partial charge in [-0.3, -0.25) is 14.9 Å². The zero-order valence-electron chi connectivity index (χ0n) is 14.4. The van der Waals surface area contributed by atoms with Gasteiger partial charge in [0.25, 0.3) is 0 Å². The maximum absolute atomic E-state index is 9.32. The van der Waals surface area contributed by atoms with Gasteiger partial charge in [0.2, 0.25) is 0 Å². The van der Waals surface area contributed by atoms with E-state index in [4.69, 9.17) is 0 Å². The number of pyridine rings is 1. The molecule has 4 heteroatoms. The van der Waals surface area contributed by atoms with E-state index in [1.54, 1.807) is 0 Å². The van der Waals surface area contributed by atoms with Crippen LogP contribution in [-0.2, 0) is 6.61 Å². The monoisotopic (exact) mass is 313 g/mol. The summed E-state index contributed by atoms with van der Waals surface area (Å²) in [5.74, 6) is 0. The van der Waals surface area contributed by atoms with Gasteiger partial charge in [-0.2, -0.15) is 0 Å². The Labute approximate surface area is 139 Å². The van der Waals surface area contributed by atoms with Crippen molar-refractivity contribution in [2.45, 2.75) is 44.9 Å². The van der Waals surface area contributed by atoms with E-state index in [1.165, 1.54) is 0 Å². The number of hydrogen-bond donors (Lipinski definition) is 1. The van der Waals surface area contributed by atoms with Gasteiger partial charge in [-0.15, -0.1) is 0 Å². The molecule has 2 unspecified atom stereocenters. The molecule has 1 aromatic heterocycles. The van der Waals surface area contributed by atoms with Crippen LogP contribution in [0.1, 0.15) is 43.6 Å². The molecule has 0 radical (unpaired) electrons. The first-order chi connectivity index (χ1) is 11.1. The van der Waals surface area contributed by atoms with Crippen molar-refractivity contribution in [1.82, 2.24) is 9.88 Å². The largest absolute Gasteiger partial charge is 0.390 e. The van der Waals surface area contributed by atoms with Gasteiger partial charge in [0, 0.05) is 7.05 Å². The molecule has 0 bridgehead atoms. The van der Waals surface area contributed by atoms with Crippen LogP contribution in [0.25, 0.3) is 0 Å². The van der Waals surface area contributed by atoms with Gasteiger partial charge in [-0.05, 0) is 50.9 Å². The molecule has 1 N–H and O–H groups in total. The van der Waals surface area contributed by atoms with Gasteiger partial charge in [0.05, 0.1) is 35.8 Å². The van der Waals surface area contributed by atoms with Crippen molar-refractivity contribution in [3.05, 3.63) is 53.9 Å². The molecule has 1 fully saturated rings. The Kier molecular flexibility index (Phi) is 6.25. The van der Waals surface area contributed by atoms with Crippen molar-refractivity contribution in [2.75, 3.05) is 14.1 Å². The molecule has 2 heterocycles. The second-order valence-electron chi connectivity index (χ2n) is 6.03. The summed E-state index contributed by atoms with van der Waals surface area (Å²) in [5.41, 5.74) is 4.04. The van der Waals surface area contributed by atoms with E-state index in [0.29, 0.717) is 0 Å². The van der Waals surface area contributed by atoms with E-state index in [2.05, 4.69) is 41.5 Å². The fourth-order valence-electron chi connectivity index (χ4n) is 3.44. The first-order valence-electron chi connectivity index (χ1n) is 8.17. The SMILES string of the molecule is C=C/C=C(/C)C(=NC)C1CCCC(c2cccc(CO)n2)N1C. The van der Waals surface area contributed by atoms with Crippen LogP contribution in [0, 0.1) is 0 Å². The highest BCUT2D eigenvalue weighted by Gasteiger charge is 2.32. The standard InChI is InChI=1S/C19H27N3O/c1-5-8-14(2)19(20-3)18-12-7-11-17(22(18)4)16-10-6-9-15(13-23)21-16/h5-6,8-10,17-18,23H,1,7,11-13H2,2-4H3/b14-8-,20-19?. The van der Waals surface area contributed by atoms with Gasteiger partial charge in [0.1, 0.15) is 0 Å². The minimum Gasteiger partial charge on any atom is -0.390 e. The van der Waals surface area contributed by atoms with E-state index >= 15 is 0 Å². The molecule has 4 nitrogen and oxygen atoms in total. The fraction of sp³-hybridized carbons (Fsp3) is 0.474. The van der Waals surface area contributed by atoms with Crippen LogP contribution >= 0.6 is 0 Å². The number of aliphatic imine (C=N–C) groups is 1. The Morgan fingerprint density at radius 2 is 2.26 bits per heavy atom. The van der Waals surface area contributed by atoms with Crippen molar-refractivity contribution in [3.8, 4) is 0 Å². The Bertz CT molecular complexity index is 606. The summed E-state index contributed by atoms with van der Waals surface area (Å²) >= 11 is 0. The molecule has 1 aromatic rings. The van der Waals surface area contributed by atoms with Gasteiger partial charge in [0.15, 0.2) is 0 Å². The predicted molar refractivity (Wildman–Crippen MR) is 95.6 cm³/mol. The summed E-state index contributed by atoms with van der Waals surface area (Å²) < 4.78 is 0. The lowest BCUT2D eigenvalue weighted by molar-refractivity contribution is 0.150. The summed E-state index contributed by atoms with van der Waals surface area (Å²) in [5, 5.41) is 9.32. The highest BCUT2D eigenvalue weighted by atomic mass is 16.3. The smallest absolute Gasteiger partial charge is 0.0853 e. The molecule has 2 atom stereocenters. The van der Waals surface area contributed by atoms with E-state index in [1.807, 2.05) is 31.3 Å². The lowest BCUT2D eigenvalue weighted by Gasteiger charge is -2.40. The van der Waals surface area contributed by atoms with E-state index in [-0.39, 0.29) is 18.7 Å². The Morgan fingerprint density at radius 1 is 1.48 bits per heavy atom. The third-order valence-corrected chi connectivity index (χ3v) is 4.60. The molecule has 1 aliphatic heterocycles. The number of hydrogen-bond acceptors (Lipinski definition) is 4. The minimum absolute atomic E-state index is 0.0173. The molecule has 0 saturated carbocycles.